The molecule has 32 heavy (non-hydrogen) atoms. The average Bonchev–Trinajstić information content (AvgIpc) is 3.18. The number of carbonyl (C=O) groups excluding carboxylic acids is 2. The molecule has 0 radical (unpaired) electrons. The maximum Gasteiger partial charge on any atom is 0.251 e. The molecule has 0 fully saturated rings. The van der Waals surface area contributed by atoms with E-state index in [4.69, 9.17) is 11.6 Å². The van der Waals surface area contributed by atoms with Gasteiger partial charge in [0.15, 0.2) is 11.0 Å². The van der Waals surface area contributed by atoms with Gasteiger partial charge in [-0.05, 0) is 67.0 Å². The van der Waals surface area contributed by atoms with Gasteiger partial charge in [-0.3, -0.25) is 9.59 Å². The minimum absolute atomic E-state index is 0.163. The number of hydrogen-bond donors (Lipinski definition) is 2. The van der Waals surface area contributed by atoms with Crippen LogP contribution in [-0.4, -0.2) is 32.3 Å². The number of anilines is 1. The number of rotatable bonds is 8. The number of halogens is 2. The number of thioether (sulfide) groups is 1. The van der Waals surface area contributed by atoms with Crippen molar-refractivity contribution in [1.82, 2.24) is 20.1 Å². The zero-order chi connectivity index (χ0) is 23.3. The van der Waals surface area contributed by atoms with Crippen LogP contribution in [-0.2, 0) is 11.3 Å². The number of aromatic nitrogens is 3. The second-order valence-corrected chi connectivity index (χ2v) is 9.32. The first-order valence-corrected chi connectivity index (χ1v) is 12.1. The van der Waals surface area contributed by atoms with Crippen LogP contribution in [0.1, 0.15) is 41.6 Å². The highest BCUT2D eigenvalue weighted by molar-refractivity contribution is 9.10. The molecule has 0 aliphatic heterocycles. The molecule has 1 aromatic heterocycles. The van der Waals surface area contributed by atoms with Gasteiger partial charge in [-0.25, -0.2) is 0 Å². The molecule has 2 amide bonds. The van der Waals surface area contributed by atoms with Crippen LogP contribution < -0.4 is 10.6 Å². The first kappa shape index (κ1) is 24.3. The van der Waals surface area contributed by atoms with Gasteiger partial charge < -0.3 is 15.2 Å². The molecule has 0 saturated carbocycles. The summed E-state index contributed by atoms with van der Waals surface area (Å²) in [5.41, 5.74) is 2.23. The fourth-order valence-electron chi connectivity index (χ4n) is 3.06. The molecule has 3 rings (SSSR count). The monoisotopic (exact) mass is 535 g/mol. The second-order valence-electron chi connectivity index (χ2n) is 7.12. The molecular formula is C22H23BrClN5O2S. The largest absolute Gasteiger partial charge is 0.342 e. The van der Waals surface area contributed by atoms with Crippen molar-refractivity contribution in [3.05, 3.63) is 68.9 Å². The van der Waals surface area contributed by atoms with Crippen LogP contribution in [0.2, 0.25) is 5.02 Å². The molecular weight excluding hydrogens is 514 g/mol. The number of nitrogens with one attached hydrogen (secondary N) is 2. The van der Waals surface area contributed by atoms with Crippen molar-refractivity contribution in [2.75, 3.05) is 11.1 Å². The van der Waals surface area contributed by atoms with E-state index >= 15 is 0 Å². The second kappa shape index (κ2) is 11.0. The normalized spacial score (nSPS) is 11.8. The summed E-state index contributed by atoms with van der Waals surface area (Å²) >= 11 is 10.7. The molecule has 0 aliphatic rings. The Morgan fingerprint density at radius 3 is 2.69 bits per heavy atom. The van der Waals surface area contributed by atoms with Crippen LogP contribution in [0.15, 0.2) is 52.1 Å². The number of hydrogen-bond acceptors (Lipinski definition) is 5. The maximum atomic E-state index is 12.6. The third kappa shape index (κ3) is 6.11. The molecule has 0 unspecified atom stereocenters. The average molecular weight is 537 g/mol. The Morgan fingerprint density at radius 2 is 2.00 bits per heavy atom. The summed E-state index contributed by atoms with van der Waals surface area (Å²) in [6.07, 6.45) is 0. The third-order valence-corrected chi connectivity index (χ3v) is 6.81. The van der Waals surface area contributed by atoms with Gasteiger partial charge in [0.25, 0.3) is 5.91 Å². The predicted molar refractivity (Wildman–Crippen MR) is 131 cm³/mol. The van der Waals surface area contributed by atoms with Gasteiger partial charge in [-0.2, -0.15) is 0 Å². The van der Waals surface area contributed by atoms with Gasteiger partial charge in [0, 0.05) is 22.3 Å². The molecule has 7 nitrogen and oxygen atoms in total. The molecule has 168 valence electrons. The van der Waals surface area contributed by atoms with Crippen molar-refractivity contribution >= 4 is 56.8 Å². The van der Waals surface area contributed by atoms with E-state index in [2.05, 4.69) is 36.8 Å². The Labute approximate surface area is 204 Å². The SMILES string of the molecule is CCn1c(SCC(=O)Nc2ccc(Br)c(Cl)c2)nnc1[C@@H](C)NC(=O)c1cccc(C)c1. The molecule has 0 aliphatic carbocycles. The Hall–Kier alpha value is -2.36. The van der Waals surface area contributed by atoms with E-state index < -0.39 is 0 Å². The zero-order valence-corrected chi connectivity index (χ0v) is 21.0. The lowest BCUT2D eigenvalue weighted by Crippen LogP contribution is -2.28. The number of aryl methyl sites for hydroxylation is 1. The quantitative estimate of drug-likeness (QED) is 0.384. The van der Waals surface area contributed by atoms with E-state index in [1.54, 1.807) is 24.3 Å². The maximum absolute atomic E-state index is 12.6. The van der Waals surface area contributed by atoms with Gasteiger partial charge in [0.2, 0.25) is 5.91 Å². The fraction of sp³-hybridized carbons (Fsp3) is 0.273. The first-order valence-electron chi connectivity index (χ1n) is 9.96. The van der Waals surface area contributed by atoms with Crippen molar-refractivity contribution in [2.45, 2.75) is 38.5 Å². The van der Waals surface area contributed by atoms with Gasteiger partial charge in [-0.1, -0.05) is 41.1 Å². The van der Waals surface area contributed by atoms with E-state index in [9.17, 15) is 9.59 Å². The van der Waals surface area contributed by atoms with Crippen molar-refractivity contribution in [2.24, 2.45) is 0 Å². The van der Waals surface area contributed by atoms with E-state index in [1.807, 2.05) is 43.5 Å². The lowest BCUT2D eigenvalue weighted by atomic mass is 10.1. The van der Waals surface area contributed by atoms with Crippen LogP contribution in [0.25, 0.3) is 0 Å². The Kier molecular flexibility index (Phi) is 8.33. The summed E-state index contributed by atoms with van der Waals surface area (Å²) < 4.78 is 2.66. The van der Waals surface area contributed by atoms with Gasteiger partial charge in [-0.15, -0.1) is 10.2 Å². The molecule has 1 heterocycles. The Bertz CT molecular complexity index is 1140. The van der Waals surface area contributed by atoms with Crippen LogP contribution in [0, 0.1) is 6.92 Å². The van der Waals surface area contributed by atoms with Crippen molar-refractivity contribution < 1.29 is 9.59 Å². The molecule has 0 spiro atoms. The molecule has 2 aromatic carbocycles. The van der Waals surface area contributed by atoms with E-state index in [0.29, 0.717) is 33.8 Å². The number of carbonyl (C=O) groups is 2. The fourth-order valence-corrected chi connectivity index (χ4v) is 4.29. The molecule has 3 aromatic rings. The lowest BCUT2D eigenvalue weighted by molar-refractivity contribution is -0.113. The van der Waals surface area contributed by atoms with Crippen molar-refractivity contribution in [3.8, 4) is 0 Å². The molecule has 10 heteroatoms. The lowest BCUT2D eigenvalue weighted by Gasteiger charge is -2.15. The highest BCUT2D eigenvalue weighted by Gasteiger charge is 2.20. The molecule has 2 N–H and O–H groups in total. The number of benzene rings is 2. The first-order chi connectivity index (χ1) is 15.3. The van der Waals surface area contributed by atoms with Gasteiger partial charge in [0.05, 0.1) is 16.8 Å². The molecule has 0 saturated heterocycles. The zero-order valence-electron chi connectivity index (χ0n) is 17.9. The summed E-state index contributed by atoms with van der Waals surface area (Å²) in [7, 11) is 0. The highest BCUT2D eigenvalue weighted by atomic mass is 79.9. The summed E-state index contributed by atoms with van der Waals surface area (Å²) in [6.45, 7) is 6.39. The third-order valence-electron chi connectivity index (χ3n) is 4.61. The number of nitrogens with zero attached hydrogens (tertiary/aromatic N) is 3. The smallest absolute Gasteiger partial charge is 0.251 e. The predicted octanol–water partition coefficient (Wildman–Crippen LogP) is 5.24. The van der Waals surface area contributed by atoms with E-state index in [-0.39, 0.29) is 23.6 Å². The Balaban J connectivity index is 1.62. The van der Waals surface area contributed by atoms with Crippen LogP contribution in [0.4, 0.5) is 5.69 Å². The van der Waals surface area contributed by atoms with Crippen LogP contribution >= 0.6 is 39.3 Å². The molecule has 1 atom stereocenters. The van der Waals surface area contributed by atoms with E-state index in [0.717, 1.165) is 10.0 Å². The topological polar surface area (TPSA) is 88.9 Å². The molecule has 0 bridgehead atoms. The summed E-state index contributed by atoms with van der Waals surface area (Å²) in [4.78, 5) is 24.9. The van der Waals surface area contributed by atoms with Gasteiger partial charge >= 0.3 is 0 Å². The van der Waals surface area contributed by atoms with Crippen molar-refractivity contribution in [3.63, 3.8) is 0 Å². The highest BCUT2D eigenvalue weighted by Crippen LogP contribution is 2.26. The van der Waals surface area contributed by atoms with E-state index in [1.165, 1.54) is 11.8 Å². The minimum atomic E-state index is -0.344. The van der Waals surface area contributed by atoms with Crippen LogP contribution in [0.3, 0.4) is 0 Å². The minimum Gasteiger partial charge on any atom is -0.342 e. The van der Waals surface area contributed by atoms with Crippen LogP contribution in [0.5, 0.6) is 0 Å². The van der Waals surface area contributed by atoms with Gasteiger partial charge in [0.1, 0.15) is 0 Å². The summed E-state index contributed by atoms with van der Waals surface area (Å²) in [5.74, 6) is 0.446. The summed E-state index contributed by atoms with van der Waals surface area (Å²) in [5, 5.41) is 15.4. The number of amides is 2. The van der Waals surface area contributed by atoms with Crippen molar-refractivity contribution in [1.29, 1.82) is 0 Å². The Morgan fingerprint density at radius 1 is 1.22 bits per heavy atom. The standard InChI is InChI=1S/C22H23BrClN5O2S/c1-4-29-20(14(3)25-21(31)15-7-5-6-13(2)10-15)27-28-22(29)32-12-19(30)26-16-8-9-17(23)18(24)11-16/h5-11,14H,4,12H2,1-3H3,(H,25,31)(H,26,30)/t14-/m1/s1. The summed E-state index contributed by atoms with van der Waals surface area (Å²) in [6, 6.07) is 12.3.